The van der Waals surface area contributed by atoms with Crippen molar-refractivity contribution in [2.24, 2.45) is 0 Å². The van der Waals surface area contributed by atoms with Gasteiger partial charge in [0.15, 0.2) is 5.75 Å². The number of carbonyl (C=O) groups is 1. The number of likely N-dealkylation sites (tertiary alicyclic amines) is 1. The molecule has 0 aromatic heterocycles. The molecule has 1 aliphatic heterocycles. The van der Waals surface area contributed by atoms with E-state index in [0.717, 1.165) is 0 Å². The van der Waals surface area contributed by atoms with Crippen molar-refractivity contribution in [3.05, 3.63) is 24.3 Å². The fraction of sp³-hybridized carbons (Fsp3) is 0.417. The number of piperidine rings is 1. The number of aliphatic hydroxyl groups excluding tert-OH is 1. The van der Waals surface area contributed by atoms with Crippen LogP contribution in [0.2, 0.25) is 0 Å². The standard InChI is InChI=1S/C12H16N2O3/c13-10-3-1-2-4-11(10)17-12(16)14-7-5-9(15)6-8-14/h1-4,9,15H,5-8,13H2. The Morgan fingerprint density at radius 1 is 1.35 bits per heavy atom. The topological polar surface area (TPSA) is 75.8 Å². The largest absolute Gasteiger partial charge is 0.415 e. The quantitative estimate of drug-likeness (QED) is 0.719. The average Bonchev–Trinajstić information content (AvgIpc) is 2.33. The van der Waals surface area contributed by atoms with E-state index in [2.05, 4.69) is 0 Å². The number of rotatable bonds is 1. The van der Waals surface area contributed by atoms with Crippen LogP contribution in [0.5, 0.6) is 5.75 Å². The van der Waals surface area contributed by atoms with Crippen molar-refractivity contribution in [2.45, 2.75) is 18.9 Å². The number of ether oxygens (including phenoxy) is 1. The van der Waals surface area contributed by atoms with Crippen molar-refractivity contribution in [1.82, 2.24) is 4.90 Å². The number of para-hydroxylation sites is 2. The van der Waals surface area contributed by atoms with Gasteiger partial charge in [0.1, 0.15) is 0 Å². The molecule has 5 heteroatoms. The third-order valence-electron chi connectivity index (χ3n) is 2.84. The van der Waals surface area contributed by atoms with Crippen molar-refractivity contribution in [3.8, 4) is 5.75 Å². The van der Waals surface area contributed by atoms with Crippen molar-refractivity contribution in [3.63, 3.8) is 0 Å². The van der Waals surface area contributed by atoms with Gasteiger partial charge in [-0.05, 0) is 25.0 Å². The predicted octanol–water partition coefficient (Wildman–Crippen LogP) is 1.22. The van der Waals surface area contributed by atoms with Gasteiger partial charge in [-0.1, -0.05) is 12.1 Å². The summed E-state index contributed by atoms with van der Waals surface area (Å²) in [6, 6.07) is 6.89. The van der Waals surface area contributed by atoms with Crippen LogP contribution < -0.4 is 10.5 Å². The molecule has 0 bridgehead atoms. The Labute approximate surface area is 99.8 Å². The lowest BCUT2D eigenvalue weighted by atomic mass is 10.1. The molecule has 17 heavy (non-hydrogen) atoms. The molecule has 1 heterocycles. The van der Waals surface area contributed by atoms with Gasteiger partial charge in [0.2, 0.25) is 0 Å². The molecule has 92 valence electrons. The number of anilines is 1. The molecule has 3 N–H and O–H groups in total. The van der Waals surface area contributed by atoms with Crippen molar-refractivity contribution >= 4 is 11.8 Å². The van der Waals surface area contributed by atoms with Crippen molar-refractivity contribution in [1.29, 1.82) is 0 Å². The highest BCUT2D eigenvalue weighted by molar-refractivity contribution is 5.73. The molecule has 0 unspecified atom stereocenters. The number of carbonyl (C=O) groups excluding carboxylic acids is 1. The van der Waals surface area contributed by atoms with Gasteiger partial charge < -0.3 is 20.5 Å². The van der Waals surface area contributed by atoms with E-state index >= 15 is 0 Å². The lowest BCUT2D eigenvalue weighted by Crippen LogP contribution is -2.41. The summed E-state index contributed by atoms with van der Waals surface area (Å²) < 4.78 is 5.20. The van der Waals surface area contributed by atoms with Crippen LogP contribution in [-0.4, -0.2) is 35.3 Å². The van der Waals surface area contributed by atoms with Gasteiger partial charge >= 0.3 is 6.09 Å². The lowest BCUT2D eigenvalue weighted by Gasteiger charge is -2.28. The van der Waals surface area contributed by atoms with Crippen LogP contribution in [0.25, 0.3) is 0 Å². The van der Waals surface area contributed by atoms with Crippen molar-refractivity contribution < 1.29 is 14.6 Å². The maximum Gasteiger partial charge on any atom is 0.415 e. The number of nitrogens with zero attached hydrogens (tertiary/aromatic N) is 1. The van der Waals surface area contributed by atoms with Gasteiger partial charge in [-0.25, -0.2) is 4.79 Å². The van der Waals surface area contributed by atoms with Crippen LogP contribution in [-0.2, 0) is 0 Å². The number of aliphatic hydroxyl groups is 1. The first-order valence-electron chi connectivity index (χ1n) is 5.66. The molecule has 0 atom stereocenters. The van der Waals surface area contributed by atoms with E-state index in [4.69, 9.17) is 10.5 Å². The molecule has 0 aliphatic carbocycles. The van der Waals surface area contributed by atoms with Gasteiger partial charge in [-0.3, -0.25) is 0 Å². The molecule has 5 nitrogen and oxygen atoms in total. The van der Waals surface area contributed by atoms with E-state index in [1.165, 1.54) is 0 Å². The molecular formula is C12H16N2O3. The van der Waals surface area contributed by atoms with Gasteiger partial charge in [0, 0.05) is 13.1 Å². The minimum absolute atomic E-state index is 0.305. The highest BCUT2D eigenvalue weighted by Crippen LogP contribution is 2.21. The third-order valence-corrected chi connectivity index (χ3v) is 2.84. The molecule has 0 spiro atoms. The van der Waals surface area contributed by atoms with Gasteiger partial charge in [0.25, 0.3) is 0 Å². The van der Waals surface area contributed by atoms with Crippen molar-refractivity contribution in [2.75, 3.05) is 18.8 Å². The Morgan fingerprint density at radius 2 is 2.00 bits per heavy atom. The summed E-state index contributed by atoms with van der Waals surface area (Å²) in [5.74, 6) is 0.378. The summed E-state index contributed by atoms with van der Waals surface area (Å²) >= 11 is 0. The number of hydrogen-bond donors (Lipinski definition) is 2. The monoisotopic (exact) mass is 236 g/mol. The first-order valence-corrected chi connectivity index (χ1v) is 5.66. The Morgan fingerprint density at radius 3 is 2.65 bits per heavy atom. The maximum absolute atomic E-state index is 11.8. The van der Waals surface area contributed by atoms with E-state index in [-0.39, 0.29) is 6.10 Å². The van der Waals surface area contributed by atoms with Crippen LogP contribution in [0.15, 0.2) is 24.3 Å². The van der Waals surface area contributed by atoms with E-state index < -0.39 is 6.09 Å². The summed E-state index contributed by atoms with van der Waals surface area (Å²) in [6.07, 6.45) is 0.481. The SMILES string of the molecule is Nc1ccccc1OC(=O)N1CCC(O)CC1. The Hall–Kier alpha value is -1.75. The molecule has 1 fully saturated rings. The second-order valence-corrected chi connectivity index (χ2v) is 4.12. The minimum Gasteiger partial charge on any atom is -0.408 e. The second kappa shape index (κ2) is 5.05. The number of benzene rings is 1. The number of hydrogen-bond acceptors (Lipinski definition) is 4. The second-order valence-electron chi connectivity index (χ2n) is 4.12. The highest BCUT2D eigenvalue weighted by Gasteiger charge is 2.23. The van der Waals surface area contributed by atoms with Gasteiger partial charge in [0.05, 0.1) is 11.8 Å². The minimum atomic E-state index is -0.408. The van der Waals surface area contributed by atoms with E-state index in [1.54, 1.807) is 29.2 Å². The Kier molecular flexibility index (Phi) is 3.49. The normalized spacial score (nSPS) is 16.9. The summed E-state index contributed by atoms with van der Waals surface area (Å²) in [4.78, 5) is 13.4. The van der Waals surface area contributed by atoms with E-state index in [9.17, 15) is 9.90 Å². The average molecular weight is 236 g/mol. The van der Waals surface area contributed by atoms with Crippen LogP contribution in [0.4, 0.5) is 10.5 Å². The first kappa shape index (κ1) is 11.7. The Bertz CT molecular complexity index is 400. The maximum atomic E-state index is 11.8. The van der Waals surface area contributed by atoms with E-state index in [1.807, 2.05) is 0 Å². The smallest absolute Gasteiger partial charge is 0.408 e. The van der Waals surface area contributed by atoms with E-state index in [0.29, 0.717) is 37.4 Å². The van der Waals surface area contributed by atoms with Crippen LogP contribution in [0.1, 0.15) is 12.8 Å². The van der Waals surface area contributed by atoms with Crippen LogP contribution in [0.3, 0.4) is 0 Å². The van der Waals surface area contributed by atoms with Crippen LogP contribution >= 0.6 is 0 Å². The molecule has 0 radical (unpaired) electrons. The summed E-state index contributed by atoms with van der Waals surface area (Å²) in [5.41, 5.74) is 6.13. The third kappa shape index (κ3) is 2.88. The molecular weight excluding hydrogens is 220 g/mol. The number of nitrogen functional groups attached to an aromatic ring is 1. The molecule has 1 amide bonds. The fourth-order valence-electron chi connectivity index (χ4n) is 1.78. The molecule has 1 aromatic rings. The Balaban J connectivity index is 1.95. The van der Waals surface area contributed by atoms with Gasteiger partial charge in [-0.2, -0.15) is 0 Å². The number of amides is 1. The zero-order valence-corrected chi connectivity index (χ0v) is 9.50. The van der Waals surface area contributed by atoms with Gasteiger partial charge in [-0.15, -0.1) is 0 Å². The molecule has 0 saturated carbocycles. The zero-order valence-electron chi connectivity index (χ0n) is 9.50. The molecule has 1 aliphatic rings. The highest BCUT2D eigenvalue weighted by atomic mass is 16.6. The lowest BCUT2D eigenvalue weighted by molar-refractivity contribution is 0.0798. The number of nitrogens with two attached hydrogens (primary N) is 1. The summed E-state index contributed by atoms with van der Waals surface area (Å²) in [7, 11) is 0. The molecule has 2 rings (SSSR count). The van der Waals surface area contributed by atoms with Crippen LogP contribution in [0, 0.1) is 0 Å². The summed E-state index contributed by atoms with van der Waals surface area (Å²) in [5, 5.41) is 9.34. The predicted molar refractivity (Wildman–Crippen MR) is 63.7 cm³/mol. The molecule has 1 saturated heterocycles. The first-order chi connectivity index (χ1) is 8.16. The fourth-order valence-corrected chi connectivity index (χ4v) is 1.78. The molecule has 1 aromatic carbocycles. The zero-order chi connectivity index (χ0) is 12.3. The summed E-state index contributed by atoms with van der Waals surface area (Å²) in [6.45, 7) is 1.04.